The molecule has 4 nitrogen and oxygen atoms in total. The van der Waals surface area contributed by atoms with Crippen molar-refractivity contribution in [2.45, 2.75) is 0 Å². The molecule has 0 bridgehead atoms. The molecule has 0 atom stereocenters. The molecule has 7 aromatic rings. The first kappa shape index (κ1) is 22.0. The predicted octanol–water partition coefficient (Wildman–Crippen LogP) is 8.24. The van der Waals surface area contributed by atoms with Gasteiger partial charge in [0.2, 0.25) is 0 Å². The number of fused-ring (bicyclic) bond motifs is 2. The summed E-state index contributed by atoms with van der Waals surface area (Å²) in [6.07, 6.45) is 1.84. The molecule has 0 aliphatic heterocycles. The van der Waals surface area contributed by atoms with Gasteiger partial charge in [-0.15, -0.1) is 0 Å². The number of hydrogen-bond acceptors (Lipinski definition) is 4. The van der Waals surface area contributed by atoms with Crippen molar-refractivity contribution in [3.63, 3.8) is 0 Å². The van der Waals surface area contributed by atoms with Crippen LogP contribution in [0.3, 0.4) is 0 Å². The molecule has 0 amide bonds. The van der Waals surface area contributed by atoms with Crippen molar-refractivity contribution in [1.82, 2.24) is 19.9 Å². The van der Waals surface area contributed by atoms with Crippen LogP contribution in [0, 0.1) is 0 Å². The molecule has 0 saturated heterocycles. The van der Waals surface area contributed by atoms with E-state index in [1.807, 2.05) is 48.7 Å². The van der Waals surface area contributed by atoms with Gasteiger partial charge in [-0.3, -0.25) is 4.98 Å². The van der Waals surface area contributed by atoms with Crippen LogP contribution in [0.5, 0.6) is 0 Å². The van der Waals surface area contributed by atoms with E-state index in [-0.39, 0.29) is 0 Å². The summed E-state index contributed by atoms with van der Waals surface area (Å²) in [6.45, 7) is 0. The smallest absolute Gasteiger partial charge is 0.164 e. The lowest BCUT2D eigenvalue weighted by atomic mass is 10.0. The SMILES string of the molecule is c1ccc(-c2nc(-c3ccc(-c4cccc5cccnc45)cc3)nc(-c3ccc4ccccc4c3)n2)cc1. The average molecular weight is 487 g/mol. The van der Waals surface area contributed by atoms with Crippen LogP contribution in [-0.2, 0) is 0 Å². The Bertz CT molecular complexity index is 1910. The van der Waals surface area contributed by atoms with E-state index in [1.54, 1.807) is 0 Å². The van der Waals surface area contributed by atoms with Crippen LogP contribution in [-0.4, -0.2) is 19.9 Å². The molecule has 0 spiro atoms. The van der Waals surface area contributed by atoms with E-state index in [1.165, 1.54) is 5.39 Å². The zero-order valence-corrected chi connectivity index (χ0v) is 20.5. The molecule has 178 valence electrons. The van der Waals surface area contributed by atoms with Gasteiger partial charge in [-0.2, -0.15) is 0 Å². The summed E-state index contributed by atoms with van der Waals surface area (Å²) in [5.41, 5.74) is 6.05. The van der Waals surface area contributed by atoms with E-state index in [0.29, 0.717) is 17.5 Å². The monoisotopic (exact) mass is 486 g/mol. The van der Waals surface area contributed by atoms with Gasteiger partial charge in [-0.05, 0) is 28.5 Å². The Morgan fingerprint density at radius 1 is 0.368 bits per heavy atom. The van der Waals surface area contributed by atoms with Gasteiger partial charge < -0.3 is 0 Å². The first-order valence-electron chi connectivity index (χ1n) is 12.6. The van der Waals surface area contributed by atoms with Crippen molar-refractivity contribution >= 4 is 21.7 Å². The molecule has 0 radical (unpaired) electrons. The second-order valence-corrected chi connectivity index (χ2v) is 9.19. The van der Waals surface area contributed by atoms with Crippen LogP contribution in [0.1, 0.15) is 0 Å². The number of rotatable bonds is 4. The van der Waals surface area contributed by atoms with Gasteiger partial charge in [0.1, 0.15) is 0 Å². The summed E-state index contributed by atoms with van der Waals surface area (Å²) in [5.74, 6) is 1.95. The third-order valence-electron chi connectivity index (χ3n) is 6.76. The van der Waals surface area contributed by atoms with Crippen molar-refractivity contribution in [2.75, 3.05) is 0 Å². The van der Waals surface area contributed by atoms with Crippen LogP contribution >= 0.6 is 0 Å². The number of hydrogen-bond donors (Lipinski definition) is 0. The number of nitrogens with zero attached hydrogens (tertiary/aromatic N) is 4. The van der Waals surface area contributed by atoms with Gasteiger partial charge in [0.25, 0.3) is 0 Å². The van der Waals surface area contributed by atoms with Crippen molar-refractivity contribution in [3.8, 4) is 45.3 Å². The zero-order valence-electron chi connectivity index (χ0n) is 20.5. The summed E-state index contributed by atoms with van der Waals surface area (Å²) in [7, 11) is 0. The summed E-state index contributed by atoms with van der Waals surface area (Å²) in [4.78, 5) is 19.3. The Hall–Kier alpha value is -5.22. The van der Waals surface area contributed by atoms with Crippen LogP contribution in [0.25, 0.3) is 67.0 Å². The number of benzene rings is 5. The Balaban J connectivity index is 1.34. The molecule has 0 saturated carbocycles. The summed E-state index contributed by atoms with van der Waals surface area (Å²) in [5, 5.41) is 3.47. The molecule has 2 heterocycles. The highest BCUT2D eigenvalue weighted by atomic mass is 15.0. The Morgan fingerprint density at radius 2 is 0.947 bits per heavy atom. The van der Waals surface area contributed by atoms with Crippen LogP contribution in [0.15, 0.2) is 134 Å². The van der Waals surface area contributed by atoms with E-state index in [0.717, 1.165) is 44.1 Å². The number of aromatic nitrogens is 4. The van der Waals surface area contributed by atoms with Crippen molar-refractivity contribution in [2.24, 2.45) is 0 Å². The molecule has 5 aromatic carbocycles. The van der Waals surface area contributed by atoms with Crippen molar-refractivity contribution in [3.05, 3.63) is 134 Å². The minimum Gasteiger partial charge on any atom is -0.256 e. The predicted molar refractivity (Wildman–Crippen MR) is 154 cm³/mol. The minimum atomic E-state index is 0.643. The van der Waals surface area contributed by atoms with Gasteiger partial charge in [-0.1, -0.05) is 115 Å². The van der Waals surface area contributed by atoms with E-state index < -0.39 is 0 Å². The molecule has 7 rings (SSSR count). The van der Waals surface area contributed by atoms with E-state index in [4.69, 9.17) is 15.0 Å². The molecule has 0 aliphatic rings. The fourth-order valence-corrected chi connectivity index (χ4v) is 4.81. The van der Waals surface area contributed by atoms with Crippen molar-refractivity contribution in [1.29, 1.82) is 0 Å². The fraction of sp³-hybridized carbons (Fsp3) is 0. The molecule has 0 unspecified atom stereocenters. The summed E-state index contributed by atoms with van der Waals surface area (Å²) < 4.78 is 0. The quantitative estimate of drug-likeness (QED) is 0.251. The molecular weight excluding hydrogens is 464 g/mol. The lowest BCUT2D eigenvalue weighted by molar-refractivity contribution is 1.07. The largest absolute Gasteiger partial charge is 0.256 e. The maximum atomic E-state index is 4.92. The summed E-state index contributed by atoms with van der Waals surface area (Å²) in [6, 6.07) is 43.4. The normalized spacial score (nSPS) is 11.2. The lowest BCUT2D eigenvalue weighted by Gasteiger charge is -2.10. The highest BCUT2D eigenvalue weighted by Gasteiger charge is 2.13. The zero-order chi connectivity index (χ0) is 25.3. The molecule has 0 N–H and O–H groups in total. The standard InChI is InChI=1S/C34H22N4/c1-2-9-26(10-3-1)32-36-33(38-34(37-32)29-20-15-23-8-4-5-11-28(23)22-29)27-18-16-24(17-19-27)30-14-6-12-25-13-7-21-35-31(25)30/h1-22H. The third kappa shape index (κ3) is 4.08. The van der Waals surface area contributed by atoms with Crippen molar-refractivity contribution < 1.29 is 0 Å². The fourth-order valence-electron chi connectivity index (χ4n) is 4.81. The maximum absolute atomic E-state index is 4.92. The number of pyridine rings is 1. The van der Waals surface area contributed by atoms with Gasteiger partial charge in [0, 0.05) is 33.8 Å². The highest BCUT2D eigenvalue weighted by Crippen LogP contribution is 2.30. The third-order valence-corrected chi connectivity index (χ3v) is 6.76. The Labute approximate surface area is 220 Å². The maximum Gasteiger partial charge on any atom is 0.164 e. The first-order chi connectivity index (χ1) is 18.8. The van der Waals surface area contributed by atoms with E-state index in [9.17, 15) is 0 Å². The van der Waals surface area contributed by atoms with Crippen LogP contribution in [0.4, 0.5) is 0 Å². The second-order valence-electron chi connectivity index (χ2n) is 9.19. The minimum absolute atomic E-state index is 0.643. The Kier molecular flexibility index (Phi) is 5.41. The van der Waals surface area contributed by atoms with Gasteiger partial charge in [-0.25, -0.2) is 15.0 Å². The molecule has 2 aromatic heterocycles. The van der Waals surface area contributed by atoms with Crippen LogP contribution < -0.4 is 0 Å². The molecule has 0 fully saturated rings. The van der Waals surface area contributed by atoms with Crippen LogP contribution in [0.2, 0.25) is 0 Å². The average Bonchev–Trinajstić information content (AvgIpc) is 3.01. The first-order valence-corrected chi connectivity index (χ1v) is 12.6. The molecule has 4 heteroatoms. The van der Waals surface area contributed by atoms with Gasteiger partial charge in [0.15, 0.2) is 17.5 Å². The summed E-state index contributed by atoms with van der Waals surface area (Å²) >= 11 is 0. The molecule has 38 heavy (non-hydrogen) atoms. The van der Waals surface area contributed by atoms with Gasteiger partial charge in [0.05, 0.1) is 5.52 Å². The molecular formula is C34H22N4. The Morgan fingerprint density at radius 3 is 1.74 bits per heavy atom. The second kappa shape index (κ2) is 9.34. The van der Waals surface area contributed by atoms with E-state index >= 15 is 0 Å². The lowest BCUT2D eigenvalue weighted by Crippen LogP contribution is -2.00. The van der Waals surface area contributed by atoms with Gasteiger partial charge >= 0.3 is 0 Å². The highest BCUT2D eigenvalue weighted by molar-refractivity contribution is 5.93. The number of para-hydroxylation sites is 1. The van der Waals surface area contributed by atoms with E-state index in [2.05, 4.69) is 89.9 Å². The topological polar surface area (TPSA) is 51.6 Å². The molecule has 0 aliphatic carbocycles.